The number of primary sulfonamides is 1. The monoisotopic (exact) mass is 422 g/mol. The number of rotatable bonds is 7. The van der Waals surface area contributed by atoms with Crippen LogP contribution in [0.15, 0.2) is 94.8 Å². The minimum absolute atomic E-state index is 0.0953. The molecule has 0 heterocycles. The molecule has 4 N–H and O–H groups in total. The van der Waals surface area contributed by atoms with Crippen molar-refractivity contribution >= 4 is 16.0 Å². The van der Waals surface area contributed by atoms with E-state index in [2.05, 4.69) is 39.9 Å². The van der Waals surface area contributed by atoms with Crippen molar-refractivity contribution in [3.63, 3.8) is 0 Å². The van der Waals surface area contributed by atoms with Crippen LogP contribution in [-0.4, -0.2) is 28.0 Å². The SMILES string of the molecule is CN=C(NCc1cccc(S(N)(=O)=O)c1)NCC(c1ccccc1)c1ccccc1. The number of guanidine groups is 1. The maximum Gasteiger partial charge on any atom is 0.238 e. The number of hydrogen-bond donors (Lipinski definition) is 3. The van der Waals surface area contributed by atoms with Crippen molar-refractivity contribution in [3.8, 4) is 0 Å². The summed E-state index contributed by atoms with van der Waals surface area (Å²) in [7, 11) is -2.02. The molecule has 0 fully saturated rings. The van der Waals surface area contributed by atoms with E-state index < -0.39 is 10.0 Å². The summed E-state index contributed by atoms with van der Waals surface area (Å²) >= 11 is 0. The Morgan fingerprint density at radius 2 is 1.50 bits per heavy atom. The van der Waals surface area contributed by atoms with Crippen LogP contribution >= 0.6 is 0 Å². The molecule has 0 aliphatic rings. The number of nitrogens with two attached hydrogens (primary N) is 1. The molecule has 0 atom stereocenters. The molecule has 3 aromatic carbocycles. The van der Waals surface area contributed by atoms with Crippen LogP contribution in [0.5, 0.6) is 0 Å². The van der Waals surface area contributed by atoms with Crippen LogP contribution in [0, 0.1) is 0 Å². The average molecular weight is 423 g/mol. The van der Waals surface area contributed by atoms with E-state index >= 15 is 0 Å². The molecule has 6 nitrogen and oxygen atoms in total. The fourth-order valence-corrected chi connectivity index (χ4v) is 3.82. The first-order valence-corrected chi connectivity index (χ1v) is 11.2. The zero-order chi connectivity index (χ0) is 21.4. The van der Waals surface area contributed by atoms with Gasteiger partial charge in [0, 0.05) is 26.1 Å². The lowest BCUT2D eigenvalue weighted by atomic mass is 9.91. The zero-order valence-corrected chi connectivity index (χ0v) is 17.6. The molecule has 7 heteroatoms. The Balaban J connectivity index is 1.68. The zero-order valence-electron chi connectivity index (χ0n) is 16.8. The van der Waals surface area contributed by atoms with E-state index in [0.717, 1.165) is 5.56 Å². The molecule has 0 aliphatic heterocycles. The minimum atomic E-state index is -3.73. The van der Waals surface area contributed by atoms with Crippen LogP contribution in [0.4, 0.5) is 0 Å². The minimum Gasteiger partial charge on any atom is -0.355 e. The highest BCUT2D eigenvalue weighted by Gasteiger charge is 2.14. The van der Waals surface area contributed by atoms with Gasteiger partial charge in [0.1, 0.15) is 0 Å². The molecule has 30 heavy (non-hydrogen) atoms. The number of aliphatic imine (C=N–C) groups is 1. The molecule has 0 aliphatic carbocycles. The average Bonchev–Trinajstić information content (AvgIpc) is 2.77. The molecule has 0 amide bonds. The van der Waals surface area contributed by atoms with Crippen molar-refractivity contribution < 1.29 is 8.42 Å². The van der Waals surface area contributed by atoms with Crippen molar-refractivity contribution in [2.45, 2.75) is 17.4 Å². The number of sulfonamides is 1. The summed E-state index contributed by atoms with van der Waals surface area (Å²) in [4.78, 5) is 4.38. The van der Waals surface area contributed by atoms with Crippen molar-refractivity contribution in [2.24, 2.45) is 10.1 Å². The van der Waals surface area contributed by atoms with Crippen LogP contribution in [0.3, 0.4) is 0 Å². The number of nitrogens with zero attached hydrogens (tertiary/aromatic N) is 1. The molecule has 0 saturated carbocycles. The van der Waals surface area contributed by atoms with Crippen LogP contribution in [0.1, 0.15) is 22.6 Å². The molecule has 0 saturated heterocycles. The summed E-state index contributed by atoms with van der Waals surface area (Å²) in [6.45, 7) is 1.08. The Hall–Kier alpha value is -3.16. The smallest absolute Gasteiger partial charge is 0.238 e. The van der Waals surface area contributed by atoms with Crippen LogP contribution in [0.2, 0.25) is 0 Å². The molecule has 156 valence electrons. The molecule has 0 unspecified atom stereocenters. The van der Waals surface area contributed by atoms with Gasteiger partial charge in [-0.1, -0.05) is 72.8 Å². The molecule has 0 aromatic heterocycles. The van der Waals surface area contributed by atoms with E-state index in [-0.39, 0.29) is 10.8 Å². The standard InChI is InChI=1S/C23H26N4O2S/c1-25-23(26-16-18-9-8-14-21(15-18)30(24,28)29)27-17-22(19-10-4-2-5-11-19)20-12-6-3-7-13-20/h2-15,22H,16-17H2,1H3,(H2,24,28,29)(H2,25,26,27). The molecule has 0 bridgehead atoms. The van der Waals surface area contributed by atoms with Gasteiger partial charge in [0.05, 0.1) is 4.90 Å². The highest BCUT2D eigenvalue weighted by atomic mass is 32.2. The third kappa shape index (κ3) is 5.92. The van der Waals surface area contributed by atoms with Crippen LogP contribution < -0.4 is 15.8 Å². The van der Waals surface area contributed by atoms with E-state index in [1.807, 2.05) is 42.5 Å². The predicted molar refractivity (Wildman–Crippen MR) is 121 cm³/mol. The van der Waals surface area contributed by atoms with Gasteiger partial charge in [-0.05, 0) is 28.8 Å². The molecule has 0 spiro atoms. The Labute approximate surface area is 177 Å². The second-order valence-corrected chi connectivity index (χ2v) is 8.43. The van der Waals surface area contributed by atoms with Gasteiger partial charge in [-0.25, -0.2) is 13.6 Å². The Morgan fingerprint density at radius 1 is 0.900 bits per heavy atom. The lowest BCUT2D eigenvalue weighted by Crippen LogP contribution is -2.39. The molecule has 0 radical (unpaired) electrons. The van der Waals surface area contributed by atoms with Gasteiger partial charge in [0.2, 0.25) is 10.0 Å². The van der Waals surface area contributed by atoms with Crippen LogP contribution in [-0.2, 0) is 16.6 Å². The number of nitrogens with one attached hydrogen (secondary N) is 2. The van der Waals surface area contributed by atoms with E-state index in [1.54, 1.807) is 19.2 Å². The van der Waals surface area contributed by atoms with Gasteiger partial charge in [-0.3, -0.25) is 4.99 Å². The first kappa shape index (κ1) is 21.5. The van der Waals surface area contributed by atoms with E-state index in [9.17, 15) is 8.42 Å². The molecular weight excluding hydrogens is 396 g/mol. The molecule has 3 rings (SSSR count). The maximum atomic E-state index is 11.5. The Morgan fingerprint density at radius 3 is 2.03 bits per heavy atom. The van der Waals surface area contributed by atoms with Gasteiger partial charge >= 0.3 is 0 Å². The first-order valence-electron chi connectivity index (χ1n) is 9.63. The summed E-state index contributed by atoms with van der Waals surface area (Å²) in [5, 5.41) is 11.8. The first-order chi connectivity index (χ1) is 14.5. The molecule has 3 aromatic rings. The summed E-state index contributed by atoms with van der Waals surface area (Å²) in [6, 6.07) is 27.2. The van der Waals surface area contributed by atoms with Crippen molar-refractivity contribution in [2.75, 3.05) is 13.6 Å². The summed E-state index contributed by atoms with van der Waals surface area (Å²) in [5.41, 5.74) is 3.23. The van der Waals surface area contributed by atoms with E-state index in [4.69, 9.17) is 5.14 Å². The van der Waals surface area contributed by atoms with Gasteiger partial charge < -0.3 is 10.6 Å². The highest BCUT2D eigenvalue weighted by Crippen LogP contribution is 2.23. The third-order valence-electron chi connectivity index (χ3n) is 4.79. The lowest BCUT2D eigenvalue weighted by Gasteiger charge is -2.20. The largest absolute Gasteiger partial charge is 0.355 e. The third-order valence-corrected chi connectivity index (χ3v) is 5.70. The lowest BCUT2D eigenvalue weighted by molar-refractivity contribution is 0.597. The van der Waals surface area contributed by atoms with Crippen LogP contribution in [0.25, 0.3) is 0 Å². The number of benzene rings is 3. The normalized spacial score (nSPS) is 12.0. The summed E-state index contributed by atoms with van der Waals surface area (Å²) < 4.78 is 23.1. The Kier molecular flexibility index (Phi) is 7.21. The van der Waals surface area contributed by atoms with Gasteiger partial charge in [0.15, 0.2) is 5.96 Å². The van der Waals surface area contributed by atoms with Gasteiger partial charge in [-0.15, -0.1) is 0 Å². The van der Waals surface area contributed by atoms with Crippen molar-refractivity contribution in [3.05, 3.63) is 102 Å². The quantitative estimate of drug-likeness (QED) is 0.403. The summed E-state index contributed by atoms with van der Waals surface area (Å²) in [5.74, 6) is 0.796. The predicted octanol–water partition coefficient (Wildman–Crippen LogP) is 2.83. The van der Waals surface area contributed by atoms with E-state index in [0.29, 0.717) is 19.0 Å². The maximum absolute atomic E-state index is 11.5. The second-order valence-electron chi connectivity index (χ2n) is 6.87. The number of hydrogen-bond acceptors (Lipinski definition) is 3. The molecular formula is C23H26N4O2S. The van der Waals surface area contributed by atoms with E-state index in [1.165, 1.54) is 17.2 Å². The fourth-order valence-electron chi connectivity index (χ4n) is 3.24. The highest BCUT2D eigenvalue weighted by molar-refractivity contribution is 7.89. The van der Waals surface area contributed by atoms with Crippen molar-refractivity contribution in [1.82, 2.24) is 10.6 Å². The topological polar surface area (TPSA) is 96.6 Å². The Bertz CT molecular complexity index is 1040. The fraction of sp³-hybridized carbons (Fsp3) is 0.174. The van der Waals surface area contributed by atoms with Gasteiger partial charge in [0.25, 0.3) is 0 Å². The second kappa shape index (κ2) is 10.0. The summed E-state index contributed by atoms with van der Waals surface area (Å²) in [6.07, 6.45) is 0. The van der Waals surface area contributed by atoms with Gasteiger partial charge in [-0.2, -0.15) is 0 Å². The van der Waals surface area contributed by atoms with Crippen molar-refractivity contribution in [1.29, 1.82) is 0 Å².